The number of pyridine rings is 1. The molecule has 0 saturated carbocycles. The Morgan fingerprint density at radius 1 is 1.16 bits per heavy atom. The minimum Gasteiger partial charge on any atom is -0.481 e. The molecule has 2 unspecified atom stereocenters. The quantitative estimate of drug-likeness (QED) is 0.852. The van der Waals surface area contributed by atoms with Crippen molar-refractivity contribution in [1.29, 1.82) is 0 Å². The average molecular weight is 336 g/mol. The van der Waals surface area contributed by atoms with Gasteiger partial charge in [0.25, 0.3) is 5.91 Å². The molecule has 128 valence electrons. The van der Waals surface area contributed by atoms with Gasteiger partial charge >= 0.3 is 5.97 Å². The smallest absolute Gasteiger partial charge is 0.308 e. The predicted molar refractivity (Wildman–Crippen MR) is 94.4 cm³/mol. The molecule has 3 rings (SSSR count). The van der Waals surface area contributed by atoms with Crippen LogP contribution in [0.5, 0.6) is 0 Å². The second kappa shape index (κ2) is 7.30. The number of carbonyl (C=O) groups is 2. The summed E-state index contributed by atoms with van der Waals surface area (Å²) in [5, 5.41) is 9.55. The van der Waals surface area contributed by atoms with Crippen LogP contribution in [0.3, 0.4) is 0 Å². The standard InChI is InChI=1S/C20H20N2O3/c1-2-3-14-4-6-16(7-5-14)19(23)22-12-17(18(13-22)20(24)25)15-8-10-21-11-9-15/h2,4-11,17-18H,1,3,12-13H2,(H,24,25). The van der Waals surface area contributed by atoms with Crippen molar-refractivity contribution in [2.75, 3.05) is 13.1 Å². The third-order valence-corrected chi connectivity index (χ3v) is 4.64. The molecule has 0 spiro atoms. The molecule has 2 atom stereocenters. The van der Waals surface area contributed by atoms with Crippen LogP contribution in [-0.2, 0) is 11.2 Å². The lowest BCUT2D eigenvalue weighted by Crippen LogP contribution is -2.29. The summed E-state index contributed by atoms with van der Waals surface area (Å²) in [6, 6.07) is 11.0. The molecule has 2 heterocycles. The van der Waals surface area contributed by atoms with E-state index in [2.05, 4.69) is 11.6 Å². The summed E-state index contributed by atoms with van der Waals surface area (Å²) in [7, 11) is 0. The minimum absolute atomic E-state index is 0.132. The molecule has 1 aliphatic heterocycles. The molecule has 1 fully saturated rings. The van der Waals surface area contributed by atoms with Gasteiger partial charge in [0.1, 0.15) is 0 Å². The van der Waals surface area contributed by atoms with Crippen LogP contribution < -0.4 is 0 Å². The summed E-state index contributed by atoms with van der Waals surface area (Å²) in [4.78, 5) is 30.0. The normalized spacial score (nSPS) is 19.6. The van der Waals surface area contributed by atoms with Crippen LogP contribution in [0.25, 0.3) is 0 Å². The highest BCUT2D eigenvalue weighted by molar-refractivity contribution is 5.95. The summed E-state index contributed by atoms with van der Waals surface area (Å²) in [6.07, 6.45) is 5.87. The van der Waals surface area contributed by atoms with Crippen LogP contribution in [0.4, 0.5) is 0 Å². The van der Waals surface area contributed by atoms with Crippen molar-refractivity contribution in [3.05, 3.63) is 78.1 Å². The summed E-state index contributed by atoms with van der Waals surface area (Å²) in [6.45, 7) is 4.32. The largest absolute Gasteiger partial charge is 0.481 e. The predicted octanol–water partition coefficient (Wildman–Crippen LogP) is 2.75. The van der Waals surface area contributed by atoms with E-state index >= 15 is 0 Å². The number of hydrogen-bond donors (Lipinski definition) is 1. The summed E-state index contributed by atoms with van der Waals surface area (Å²) in [5.41, 5.74) is 2.57. The number of aromatic nitrogens is 1. The monoisotopic (exact) mass is 336 g/mol. The lowest BCUT2D eigenvalue weighted by molar-refractivity contribution is -0.141. The number of aliphatic carboxylic acids is 1. The molecule has 1 N–H and O–H groups in total. The van der Waals surface area contributed by atoms with Crippen LogP contribution in [0.1, 0.15) is 27.4 Å². The topological polar surface area (TPSA) is 70.5 Å². The van der Waals surface area contributed by atoms with E-state index in [9.17, 15) is 14.7 Å². The van der Waals surface area contributed by atoms with Crippen molar-refractivity contribution >= 4 is 11.9 Å². The molecule has 0 radical (unpaired) electrons. The lowest BCUT2D eigenvalue weighted by atomic mass is 9.90. The lowest BCUT2D eigenvalue weighted by Gasteiger charge is -2.16. The van der Waals surface area contributed by atoms with Gasteiger partial charge in [-0.2, -0.15) is 0 Å². The van der Waals surface area contributed by atoms with Gasteiger partial charge in [0.15, 0.2) is 0 Å². The molecule has 1 aliphatic rings. The molecule has 5 nitrogen and oxygen atoms in total. The average Bonchev–Trinajstić information content (AvgIpc) is 3.08. The first-order valence-electron chi connectivity index (χ1n) is 8.22. The van der Waals surface area contributed by atoms with Crippen molar-refractivity contribution in [3.63, 3.8) is 0 Å². The molecule has 1 aromatic heterocycles. The fourth-order valence-corrected chi connectivity index (χ4v) is 3.30. The maximum Gasteiger partial charge on any atom is 0.308 e. The van der Waals surface area contributed by atoms with Crippen LogP contribution in [0.15, 0.2) is 61.4 Å². The maximum atomic E-state index is 12.8. The molecule has 0 bridgehead atoms. The van der Waals surface area contributed by atoms with Crippen molar-refractivity contribution in [2.24, 2.45) is 5.92 Å². The molecule has 1 amide bonds. The van der Waals surface area contributed by atoms with Crippen LogP contribution in [-0.4, -0.2) is 40.0 Å². The van der Waals surface area contributed by atoms with E-state index in [1.54, 1.807) is 29.4 Å². The van der Waals surface area contributed by atoms with E-state index in [0.29, 0.717) is 12.1 Å². The second-order valence-corrected chi connectivity index (χ2v) is 6.23. The molecule has 25 heavy (non-hydrogen) atoms. The zero-order valence-corrected chi connectivity index (χ0v) is 13.8. The van der Waals surface area contributed by atoms with Crippen molar-refractivity contribution in [3.8, 4) is 0 Å². The van der Waals surface area contributed by atoms with Gasteiger partial charge in [0.05, 0.1) is 5.92 Å². The molecular weight excluding hydrogens is 316 g/mol. The summed E-state index contributed by atoms with van der Waals surface area (Å²) < 4.78 is 0. The van der Waals surface area contributed by atoms with Gasteiger partial charge in [0.2, 0.25) is 0 Å². The molecule has 2 aromatic rings. The highest BCUT2D eigenvalue weighted by atomic mass is 16.4. The van der Waals surface area contributed by atoms with Crippen LogP contribution in [0.2, 0.25) is 0 Å². The first-order valence-corrected chi connectivity index (χ1v) is 8.22. The van der Waals surface area contributed by atoms with Gasteiger partial charge in [-0.25, -0.2) is 0 Å². The minimum atomic E-state index is -0.876. The van der Waals surface area contributed by atoms with Crippen molar-refractivity contribution in [2.45, 2.75) is 12.3 Å². The third-order valence-electron chi connectivity index (χ3n) is 4.64. The Bertz CT molecular complexity index is 771. The zero-order valence-electron chi connectivity index (χ0n) is 13.8. The Kier molecular flexibility index (Phi) is 4.93. The molecule has 1 aromatic carbocycles. The number of allylic oxidation sites excluding steroid dienone is 1. The first-order chi connectivity index (χ1) is 12.1. The number of hydrogen-bond acceptors (Lipinski definition) is 3. The van der Waals surface area contributed by atoms with Gasteiger partial charge < -0.3 is 10.0 Å². The van der Waals surface area contributed by atoms with E-state index in [1.807, 2.05) is 30.3 Å². The first kappa shape index (κ1) is 16.9. The number of carbonyl (C=O) groups excluding carboxylic acids is 1. The second-order valence-electron chi connectivity index (χ2n) is 6.23. The number of nitrogens with zero attached hydrogens (tertiary/aromatic N) is 2. The number of rotatable bonds is 5. The maximum absolute atomic E-state index is 12.8. The number of benzene rings is 1. The Hall–Kier alpha value is -2.95. The van der Waals surface area contributed by atoms with E-state index in [4.69, 9.17) is 0 Å². The van der Waals surface area contributed by atoms with Gasteiger partial charge in [-0.3, -0.25) is 14.6 Å². The van der Waals surface area contributed by atoms with E-state index in [-0.39, 0.29) is 18.4 Å². The SMILES string of the molecule is C=CCc1ccc(C(=O)N2CC(C(=O)O)C(c3ccncc3)C2)cc1. The van der Waals surface area contributed by atoms with Crippen molar-refractivity contribution in [1.82, 2.24) is 9.88 Å². The van der Waals surface area contributed by atoms with Crippen molar-refractivity contribution < 1.29 is 14.7 Å². The number of carboxylic acids is 1. The Balaban J connectivity index is 1.79. The highest BCUT2D eigenvalue weighted by Crippen LogP contribution is 2.33. The summed E-state index contributed by atoms with van der Waals surface area (Å²) in [5.74, 6) is -1.83. The molecule has 5 heteroatoms. The van der Waals surface area contributed by atoms with Gasteiger partial charge in [-0.15, -0.1) is 6.58 Å². The molecular formula is C20H20N2O3. The van der Waals surface area contributed by atoms with E-state index in [0.717, 1.165) is 17.5 Å². The molecule has 0 aliphatic carbocycles. The van der Waals surface area contributed by atoms with Gasteiger partial charge in [-0.05, 0) is 41.8 Å². The Morgan fingerprint density at radius 2 is 1.84 bits per heavy atom. The van der Waals surface area contributed by atoms with Crippen LogP contribution in [0, 0.1) is 5.92 Å². The van der Waals surface area contributed by atoms with E-state index in [1.165, 1.54) is 0 Å². The number of likely N-dealkylation sites (tertiary alicyclic amines) is 1. The third kappa shape index (κ3) is 3.60. The Labute approximate surface area is 146 Å². The number of amides is 1. The fourth-order valence-electron chi connectivity index (χ4n) is 3.30. The van der Waals surface area contributed by atoms with Crippen LogP contribution >= 0.6 is 0 Å². The summed E-state index contributed by atoms with van der Waals surface area (Å²) >= 11 is 0. The number of carboxylic acid groups (broad SMARTS) is 1. The van der Waals surface area contributed by atoms with Gasteiger partial charge in [-0.1, -0.05) is 18.2 Å². The molecule has 1 saturated heterocycles. The van der Waals surface area contributed by atoms with E-state index < -0.39 is 11.9 Å². The van der Waals surface area contributed by atoms with Gasteiger partial charge in [0, 0.05) is 37.0 Å². The zero-order chi connectivity index (χ0) is 17.8. The highest BCUT2D eigenvalue weighted by Gasteiger charge is 2.40. The Morgan fingerprint density at radius 3 is 2.44 bits per heavy atom. The fraction of sp³-hybridized carbons (Fsp3) is 0.250.